The second kappa shape index (κ2) is 7.25. The first kappa shape index (κ1) is 15.5. The summed E-state index contributed by atoms with van der Waals surface area (Å²) in [5, 5.41) is 0. The SMILES string of the molecule is O=Cc1cccc(-c2ccc(Br)c(OCc3ccccc3)c2)c1. The third kappa shape index (κ3) is 3.88. The Balaban J connectivity index is 1.85. The van der Waals surface area contributed by atoms with Crippen molar-refractivity contribution in [2.75, 3.05) is 0 Å². The van der Waals surface area contributed by atoms with Crippen molar-refractivity contribution < 1.29 is 9.53 Å². The lowest BCUT2D eigenvalue weighted by Gasteiger charge is -2.11. The fourth-order valence-corrected chi connectivity index (χ4v) is 2.68. The highest BCUT2D eigenvalue weighted by molar-refractivity contribution is 9.10. The lowest BCUT2D eigenvalue weighted by Crippen LogP contribution is -1.96. The molecule has 0 spiro atoms. The van der Waals surface area contributed by atoms with Crippen molar-refractivity contribution >= 4 is 22.2 Å². The molecule has 0 aromatic heterocycles. The zero-order valence-corrected chi connectivity index (χ0v) is 14.0. The molecule has 0 aliphatic heterocycles. The van der Waals surface area contributed by atoms with E-state index in [-0.39, 0.29) is 0 Å². The van der Waals surface area contributed by atoms with Crippen molar-refractivity contribution in [3.05, 3.63) is 88.4 Å². The summed E-state index contributed by atoms with van der Waals surface area (Å²) in [5.74, 6) is 0.780. The molecule has 23 heavy (non-hydrogen) atoms. The van der Waals surface area contributed by atoms with E-state index in [0.29, 0.717) is 12.2 Å². The van der Waals surface area contributed by atoms with E-state index in [1.807, 2.05) is 66.7 Å². The van der Waals surface area contributed by atoms with E-state index in [1.54, 1.807) is 6.07 Å². The van der Waals surface area contributed by atoms with Gasteiger partial charge in [0.2, 0.25) is 0 Å². The minimum atomic E-state index is 0.511. The summed E-state index contributed by atoms with van der Waals surface area (Å²) >= 11 is 3.52. The Kier molecular flexibility index (Phi) is 4.89. The third-order valence-electron chi connectivity index (χ3n) is 3.52. The van der Waals surface area contributed by atoms with Gasteiger partial charge in [-0.1, -0.05) is 54.6 Å². The molecule has 0 fully saturated rings. The van der Waals surface area contributed by atoms with Gasteiger partial charge < -0.3 is 4.74 Å². The van der Waals surface area contributed by atoms with Crippen molar-refractivity contribution in [2.24, 2.45) is 0 Å². The molecule has 0 unspecified atom stereocenters. The van der Waals surface area contributed by atoms with Crippen LogP contribution in [0.4, 0.5) is 0 Å². The number of rotatable bonds is 5. The standard InChI is InChI=1S/C20H15BrO2/c21-19-10-9-18(17-8-4-7-16(11-17)13-22)12-20(19)23-14-15-5-2-1-3-6-15/h1-13H,14H2. The van der Waals surface area contributed by atoms with Crippen molar-refractivity contribution in [2.45, 2.75) is 6.61 Å². The van der Waals surface area contributed by atoms with Crippen molar-refractivity contribution in [3.63, 3.8) is 0 Å². The number of carbonyl (C=O) groups excluding carboxylic acids is 1. The van der Waals surface area contributed by atoms with E-state index < -0.39 is 0 Å². The molecule has 3 aromatic carbocycles. The Morgan fingerprint density at radius 2 is 1.65 bits per heavy atom. The second-order valence-electron chi connectivity index (χ2n) is 5.16. The van der Waals surface area contributed by atoms with Crippen LogP contribution in [0.3, 0.4) is 0 Å². The summed E-state index contributed by atoms with van der Waals surface area (Å²) in [6.45, 7) is 0.511. The van der Waals surface area contributed by atoms with Crippen LogP contribution in [0.2, 0.25) is 0 Å². The fourth-order valence-electron chi connectivity index (χ4n) is 2.32. The topological polar surface area (TPSA) is 26.3 Å². The van der Waals surface area contributed by atoms with E-state index >= 15 is 0 Å². The molecule has 0 bridgehead atoms. The maximum absolute atomic E-state index is 10.9. The summed E-state index contributed by atoms with van der Waals surface area (Å²) in [7, 11) is 0. The third-order valence-corrected chi connectivity index (χ3v) is 4.18. The predicted octanol–water partition coefficient (Wildman–Crippen LogP) is 5.51. The number of ether oxygens (including phenoxy) is 1. The van der Waals surface area contributed by atoms with Crippen LogP contribution in [0.1, 0.15) is 15.9 Å². The van der Waals surface area contributed by atoms with Gasteiger partial charge in [-0.25, -0.2) is 0 Å². The zero-order chi connectivity index (χ0) is 16.1. The van der Waals surface area contributed by atoms with Gasteiger partial charge in [-0.2, -0.15) is 0 Å². The number of benzene rings is 3. The average Bonchev–Trinajstić information content (AvgIpc) is 2.62. The quantitative estimate of drug-likeness (QED) is 0.556. The number of aldehydes is 1. The highest BCUT2D eigenvalue weighted by atomic mass is 79.9. The Morgan fingerprint density at radius 1 is 0.870 bits per heavy atom. The van der Waals surface area contributed by atoms with Crippen LogP contribution in [0.15, 0.2) is 77.3 Å². The molecule has 0 amide bonds. The number of hydrogen-bond donors (Lipinski definition) is 0. The number of hydrogen-bond acceptors (Lipinski definition) is 2. The lowest BCUT2D eigenvalue weighted by atomic mass is 10.0. The maximum atomic E-state index is 10.9. The van der Waals surface area contributed by atoms with E-state index in [2.05, 4.69) is 15.9 Å². The van der Waals surface area contributed by atoms with E-state index in [0.717, 1.165) is 33.2 Å². The molecular weight excluding hydrogens is 352 g/mol. The summed E-state index contributed by atoms with van der Waals surface area (Å²) in [6.07, 6.45) is 0.856. The molecule has 0 atom stereocenters. The first-order valence-electron chi connectivity index (χ1n) is 7.28. The smallest absolute Gasteiger partial charge is 0.150 e. The lowest BCUT2D eigenvalue weighted by molar-refractivity contribution is 0.112. The fraction of sp³-hybridized carbons (Fsp3) is 0.0500. The molecule has 0 aliphatic carbocycles. The van der Waals surface area contributed by atoms with Crippen LogP contribution >= 0.6 is 15.9 Å². The Morgan fingerprint density at radius 3 is 2.43 bits per heavy atom. The van der Waals surface area contributed by atoms with Gasteiger partial charge in [0.15, 0.2) is 0 Å². The first-order valence-corrected chi connectivity index (χ1v) is 8.07. The molecule has 2 nitrogen and oxygen atoms in total. The van der Waals surface area contributed by atoms with Gasteiger partial charge in [0.1, 0.15) is 18.6 Å². The Bertz CT molecular complexity index is 813. The predicted molar refractivity (Wildman–Crippen MR) is 95.7 cm³/mol. The van der Waals surface area contributed by atoms with Crippen LogP contribution in [0, 0.1) is 0 Å². The zero-order valence-electron chi connectivity index (χ0n) is 12.4. The highest BCUT2D eigenvalue weighted by Gasteiger charge is 2.06. The number of halogens is 1. The van der Waals surface area contributed by atoms with E-state index in [9.17, 15) is 4.79 Å². The molecule has 3 heteroatoms. The number of carbonyl (C=O) groups is 1. The molecule has 3 rings (SSSR count). The maximum Gasteiger partial charge on any atom is 0.150 e. The average molecular weight is 367 g/mol. The summed E-state index contributed by atoms with van der Waals surface area (Å²) in [4.78, 5) is 10.9. The minimum absolute atomic E-state index is 0.511. The summed E-state index contributed by atoms with van der Waals surface area (Å²) in [6, 6.07) is 23.5. The Hall–Kier alpha value is -2.39. The molecule has 0 aliphatic rings. The molecular formula is C20H15BrO2. The summed E-state index contributed by atoms with van der Waals surface area (Å²) < 4.78 is 6.83. The molecule has 3 aromatic rings. The molecule has 0 saturated heterocycles. The summed E-state index contributed by atoms with van der Waals surface area (Å²) in [5.41, 5.74) is 3.79. The van der Waals surface area contributed by atoms with Gasteiger partial charge in [0.05, 0.1) is 4.47 Å². The van der Waals surface area contributed by atoms with Crippen molar-refractivity contribution in [3.8, 4) is 16.9 Å². The van der Waals surface area contributed by atoms with Crippen LogP contribution in [0.25, 0.3) is 11.1 Å². The van der Waals surface area contributed by atoms with Gasteiger partial charge in [0.25, 0.3) is 0 Å². The van der Waals surface area contributed by atoms with Crippen molar-refractivity contribution in [1.29, 1.82) is 0 Å². The molecule has 0 radical (unpaired) electrons. The molecule has 0 heterocycles. The second-order valence-corrected chi connectivity index (χ2v) is 6.02. The van der Waals surface area contributed by atoms with Crippen LogP contribution in [0.5, 0.6) is 5.75 Å². The van der Waals surface area contributed by atoms with E-state index in [1.165, 1.54) is 0 Å². The normalized spacial score (nSPS) is 10.3. The van der Waals surface area contributed by atoms with Crippen LogP contribution < -0.4 is 4.74 Å². The molecule has 0 saturated carbocycles. The van der Waals surface area contributed by atoms with Crippen LogP contribution in [-0.2, 0) is 6.61 Å². The first-order chi connectivity index (χ1) is 11.3. The van der Waals surface area contributed by atoms with Gasteiger partial charge in [-0.05, 0) is 50.8 Å². The van der Waals surface area contributed by atoms with Gasteiger partial charge in [0, 0.05) is 5.56 Å². The van der Waals surface area contributed by atoms with Gasteiger partial charge >= 0.3 is 0 Å². The monoisotopic (exact) mass is 366 g/mol. The highest BCUT2D eigenvalue weighted by Crippen LogP contribution is 2.31. The Labute approximate surface area is 143 Å². The van der Waals surface area contributed by atoms with Crippen LogP contribution in [-0.4, -0.2) is 6.29 Å². The van der Waals surface area contributed by atoms with Gasteiger partial charge in [-0.3, -0.25) is 4.79 Å². The largest absolute Gasteiger partial charge is 0.488 e. The van der Waals surface area contributed by atoms with Crippen molar-refractivity contribution in [1.82, 2.24) is 0 Å². The molecule has 0 N–H and O–H groups in total. The van der Waals surface area contributed by atoms with E-state index in [4.69, 9.17) is 4.74 Å². The van der Waals surface area contributed by atoms with Gasteiger partial charge in [-0.15, -0.1) is 0 Å². The minimum Gasteiger partial charge on any atom is -0.488 e. The molecule has 114 valence electrons.